The molecule has 7 heteroatoms. The number of piperidine rings is 1. The molecule has 0 amide bonds. The zero-order valence-electron chi connectivity index (χ0n) is 16.9. The summed E-state index contributed by atoms with van der Waals surface area (Å²) in [7, 11) is 0. The highest BCUT2D eigenvalue weighted by Crippen LogP contribution is 2.27. The molecule has 1 fully saturated rings. The van der Waals surface area contributed by atoms with Crippen LogP contribution < -0.4 is 4.74 Å². The van der Waals surface area contributed by atoms with Crippen LogP contribution in [0.5, 0.6) is 5.75 Å². The summed E-state index contributed by atoms with van der Waals surface area (Å²) in [6.45, 7) is 4.54. The van der Waals surface area contributed by atoms with Gasteiger partial charge in [-0.3, -0.25) is 0 Å². The third-order valence-electron chi connectivity index (χ3n) is 5.19. The first kappa shape index (κ1) is 20.5. The van der Waals surface area contributed by atoms with Crippen LogP contribution in [0.2, 0.25) is 0 Å². The molecule has 0 radical (unpaired) electrons. The van der Waals surface area contributed by atoms with Crippen LogP contribution >= 0.6 is 0 Å². The van der Waals surface area contributed by atoms with Crippen molar-refractivity contribution in [3.05, 3.63) is 66.3 Å². The Kier molecular flexibility index (Phi) is 7.05. The van der Waals surface area contributed by atoms with E-state index in [2.05, 4.69) is 15.0 Å². The van der Waals surface area contributed by atoms with Gasteiger partial charge < -0.3 is 18.9 Å². The minimum atomic E-state index is -0.278. The molecule has 0 N–H and O–H groups in total. The summed E-state index contributed by atoms with van der Waals surface area (Å²) in [5, 5.41) is 4.07. The summed E-state index contributed by atoms with van der Waals surface area (Å²) in [6, 6.07) is 15.9. The van der Waals surface area contributed by atoms with E-state index in [9.17, 15) is 4.39 Å². The van der Waals surface area contributed by atoms with Crippen LogP contribution in [0.1, 0.15) is 24.7 Å². The average Bonchev–Trinajstić information content (AvgIpc) is 3.28. The first-order valence-corrected chi connectivity index (χ1v) is 10.4. The smallest absolute Gasteiger partial charge is 0.231 e. The molecule has 2 heterocycles. The fraction of sp³-hybridized carbons (Fsp3) is 0.391. The van der Waals surface area contributed by atoms with Gasteiger partial charge in [-0.15, -0.1) is 0 Å². The molecule has 0 saturated carbocycles. The molecule has 1 aliphatic heterocycles. The molecule has 1 aliphatic rings. The number of ether oxygens (including phenoxy) is 2. The molecule has 2 aromatic carbocycles. The van der Waals surface area contributed by atoms with Crippen molar-refractivity contribution < 1.29 is 18.4 Å². The highest BCUT2D eigenvalue weighted by atomic mass is 19.1. The topological polar surface area (TPSA) is 60.6 Å². The van der Waals surface area contributed by atoms with Crippen LogP contribution in [0, 0.1) is 5.82 Å². The highest BCUT2D eigenvalue weighted by Gasteiger charge is 2.26. The van der Waals surface area contributed by atoms with E-state index in [-0.39, 0.29) is 11.7 Å². The Hall–Kier alpha value is -2.77. The SMILES string of the molecule is Fc1ccc(-c2noc(C3CCCN(CCOCCOc4ccccc4)C3)n2)cc1. The molecule has 0 aliphatic carbocycles. The second-order valence-corrected chi connectivity index (χ2v) is 7.38. The lowest BCUT2D eigenvalue weighted by molar-refractivity contribution is 0.0707. The van der Waals surface area contributed by atoms with E-state index < -0.39 is 0 Å². The van der Waals surface area contributed by atoms with Gasteiger partial charge in [0, 0.05) is 18.7 Å². The maximum absolute atomic E-state index is 13.1. The second-order valence-electron chi connectivity index (χ2n) is 7.38. The Labute approximate surface area is 175 Å². The maximum Gasteiger partial charge on any atom is 0.231 e. The lowest BCUT2D eigenvalue weighted by Gasteiger charge is -2.30. The summed E-state index contributed by atoms with van der Waals surface area (Å²) in [4.78, 5) is 6.91. The molecule has 1 saturated heterocycles. The molecule has 6 nitrogen and oxygen atoms in total. The number of hydrogen-bond donors (Lipinski definition) is 0. The Balaban J connectivity index is 1.19. The molecular weight excluding hydrogens is 385 g/mol. The van der Waals surface area contributed by atoms with Crippen molar-refractivity contribution in [2.24, 2.45) is 0 Å². The Bertz CT molecular complexity index is 902. The summed E-state index contributed by atoms with van der Waals surface area (Å²) < 4.78 is 30.0. The third kappa shape index (κ3) is 5.64. The van der Waals surface area contributed by atoms with Gasteiger partial charge in [-0.05, 0) is 55.8 Å². The molecular formula is C23H26FN3O3. The van der Waals surface area contributed by atoms with E-state index in [1.165, 1.54) is 12.1 Å². The molecule has 1 unspecified atom stereocenters. The van der Waals surface area contributed by atoms with Crippen molar-refractivity contribution in [1.29, 1.82) is 0 Å². The fourth-order valence-electron chi connectivity index (χ4n) is 3.61. The molecule has 1 aromatic heterocycles. The molecule has 0 spiro atoms. The zero-order chi connectivity index (χ0) is 20.6. The van der Waals surface area contributed by atoms with Gasteiger partial charge in [-0.25, -0.2) is 4.39 Å². The summed E-state index contributed by atoms with van der Waals surface area (Å²) in [5.74, 6) is 1.95. The Morgan fingerprint density at radius 2 is 1.87 bits per heavy atom. The van der Waals surface area contributed by atoms with E-state index in [1.807, 2.05) is 30.3 Å². The number of halogens is 1. The summed E-state index contributed by atoms with van der Waals surface area (Å²) in [5.41, 5.74) is 0.755. The number of hydrogen-bond acceptors (Lipinski definition) is 6. The van der Waals surface area contributed by atoms with Crippen molar-refractivity contribution in [2.45, 2.75) is 18.8 Å². The van der Waals surface area contributed by atoms with E-state index in [0.717, 1.165) is 43.8 Å². The fourth-order valence-corrected chi connectivity index (χ4v) is 3.61. The second kappa shape index (κ2) is 10.3. The van der Waals surface area contributed by atoms with Crippen LogP contribution in [0.15, 0.2) is 59.1 Å². The van der Waals surface area contributed by atoms with E-state index in [4.69, 9.17) is 14.0 Å². The van der Waals surface area contributed by atoms with Crippen molar-refractivity contribution in [3.63, 3.8) is 0 Å². The van der Waals surface area contributed by atoms with E-state index in [0.29, 0.717) is 31.5 Å². The molecule has 30 heavy (non-hydrogen) atoms. The molecule has 4 rings (SSSR count). The number of aromatic nitrogens is 2. The van der Waals surface area contributed by atoms with E-state index >= 15 is 0 Å². The van der Waals surface area contributed by atoms with Crippen molar-refractivity contribution in [2.75, 3.05) is 39.5 Å². The standard InChI is InChI=1S/C23H26FN3O3/c24-20-10-8-18(9-11-20)22-25-23(30-26-22)19-5-4-12-27(17-19)13-14-28-15-16-29-21-6-2-1-3-7-21/h1-3,6-11,19H,4-5,12-17H2. The summed E-state index contributed by atoms with van der Waals surface area (Å²) in [6.07, 6.45) is 2.10. The highest BCUT2D eigenvalue weighted by molar-refractivity contribution is 5.53. The van der Waals surface area contributed by atoms with Crippen molar-refractivity contribution in [3.8, 4) is 17.1 Å². The lowest BCUT2D eigenvalue weighted by atomic mass is 9.98. The average molecular weight is 411 g/mol. The summed E-state index contributed by atoms with van der Waals surface area (Å²) >= 11 is 0. The Morgan fingerprint density at radius 1 is 1.03 bits per heavy atom. The van der Waals surface area contributed by atoms with Gasteiger partial charge in [0.15, 0.2) is 0 Å². The van der Waals surface area contributed by atoms with Gasteiger partial charge in [0.05, 0.1) is 19.1 Å². The van der Waals surface area contributed by atoms with Gasteiger partial charge in [-0.1, -0.05) is 23.4 Å². The minimum absolute atomic E-state index is 0.210. The van der Waals surface area contributed by atoms with Gasteiger partial charge in [0.25, 0.3) is 0 Å². The quantitative estimate of drug-likeness (QED) is 0.493. The predicted molar refractivity (Wildman–Crippen MR) is 111 cm³/mol. The van der Waals surface area contributed by atoms with Gasteiger partial charge in [0.2, 0.25) is 11.7 Å². The number of rotatable bonds is 9. The van der Waals surface area contributed by atoms with Crippen LogP contribution in [-0.2, 0) is 4.74 Å². The monoisotopic (exact) mass is 411 g/mol. The maximum atomic E-state index is 13.1. The van der Waals surface area contributed by atoms with Gasteiger partial charge >= 0.3 is 0 Å². The lowest BCUT2D eigenvalue weighted by Crippen LogP contribution is -2.37. The first-order chi connectivity index (χ1) is 14.8. The number of likely N-dealkylation sites (tertiary alicyclic amines) is 1. The predicted octanol–water partition coefficient (Wildman–Crippen LogP) is 4.15. The van der Waals surface area contributed by atoms with E-state index in [1.54, 1.807) is 12.1 Å². The number of benzene rings is 2. The normalized spacial score (nSPS) is 17.2. The largest absolute Gasteiger partial charge is 0.491 e. The number of para-hydroxylation sites is 1. The molecule has 3 aromatic rings. The van der Waals surface area contributed by atoms with Crippen LogP contribution in [0.4, 0.5) is 4.39 Å². The Morgan fingerprint density at radius 3 is 2.70 bits per heavy atom. The van der Waals surface area contributed by atoms with Gasteiger partial charge in [-0.2, -0.15) is 4.98 Å². The van der Waals surface area contributed by atoms with Crippen LogP contribution in [-0.4, -0.2) is 54.5 Å². The first-order valence-electron chi connectivity index (χ1n) is 10.4. The van der Waals surface area contributed by atoms with Crippen molar-refractivity contribution in [1.82, 2.24) is 15.0 Å². The van der Waals surface area contributed by atoms with Crippen LogP contribution in [0.25, 0.3) is 11.4 Å². The molecule has 0 bridgehead atoms. The number of nitrogens with zero attached hydrogens (tertiary/aromatic N) is 3. The van der Waals surface area contributed by atoms with Gasteiger partial charge in [0.1, 0.15) is 18.2 Å². The minimum Gasteiger partial charge on any atom is -0.491 e. The van der Waals surface area contributed by atoms with Crippen molar-refractivity contribution >= 4 is 0 Å². The molecule has 158 valence electrons. The zero-order valence-corrected chi connectivity index (χ0v) is 16.9. The molecule has 1 atom stereocenters. The third-order valence-corrected chi connectivity index (χ3v) is 5.19. The van der Waals surface area contributed by atoms with Crippen LogP contribution in [0.3, 0.4) is 0 Å².